The minimum Gasteiger partial charge on any atom is -0.493 e. The number of anilines is 1. The summed E-state index contributed by atoms with van der Waals surface area (Å²) in [6, 6.07) is 13.8. The lowest BCUT2D eigenvalue weighted by Gasteiger charge is -2.27. The Bertz CT molecular complexity index is 690. The van der Waals surface area contributed by atoms with Gasteiger partial charge in [0.05, 0.1) is 23.4 Å². The Kier molecular flexibility index (Phi) is 3.99. The summed E-state index contributed by atoms with van der Waals surface area (Å²) in [6.45, 7) is 0.692. The van der Waals surface area contributed by atoms with Gasteiger partial charge in [-0.05, 0) is 24.3 Å². The molecule has 3 N–H and O–H groups in total. The normalized spacial score (nSPS) is 16.7. The Morgan fingerprint density at radius 3 is 2.86 bits per heavy atom. The lowest BCUT2D eigenvalue weighted by Crippen LogP contribution is -2.20. The van der Waals surface area contributed by atoms with Crippen molar-refractivity contribution in [3.8, 4) is 5.75 Å². The molecule has 0 fully saturated rings. The summed E-state index contributed by atoms with van der Waals surface area (Å²) in [5.74, 6) is 0.928. The van der Waals surface area contributed by atoms with Gasteiger partial charge in [-0.15, -0.1) is 0 Å². The van der Waals surface area contributed by atoms with Gasteiger partial charge in [-0.2, -0.15) is 0 Å². The molecular formula is C16H15ClN2OS. The van der Waals surface area contributed by atoms with Crippen molar-refractivity contribution in [3.05, 3.63) is 58.6 Å². The number of ether oxygens (including phenoxy) is 1. The maximum atomic E-state index is 6.31. The van der Waals surface area contributed by atoms with E-state index in [1.54, 1.807) is 6.07 Å². The number of halogens is 1. The number of hydrogen-bond donors (Lipinski definition) is 2. The van der Waals surface area contributed by atoms with Crippen LogP contribution in [0, 0.1) is 0 Å². The highest BCUT2D eigenvalue weighted by Crippen LogP contribution is 2.35. The Balaban J connectivity index is 1.86. The van der Waals surface area contributed by atoms with Gasteiger partial charge in [-0.3, -0.25) is 0 Å². The molecule has 1 unspecified atom stereocenters. The van der Waals surface area contributed by atoms with Gasteiger partial charge in [0, 0.05) is 17.5 Å². The van der Waals surface area contributed by atoms with Crippen LogP contribution >= 0.6 is 23.8 Å². The highest BCUT2D eigenvalue weighted by Gasteiger charge is 2.21. The predicted molar refractivity (Wildman–Crippen MR) is 90.3 cm³/mol. The van der Waals surface area contributed by atoms with Crippen LogP contribution < -0.4 is 15.8 Å². The van der Waals surface area contributed by atoms with Crippen molar-refractivity contribution in [3.63, 3.8) is 0 Å². The maximum Gasteiger partial charge on any atom is 0.124 e. The summed E-state index contributed by atoms with van der Waals surface area (Å²) in [6.07, 6.45) is 0.893. The molecule has 1 aliphatic rings. The zero-order valence-corrected chi connectivity index (χ0v) is 12.9. The molecule has 0 bridgehead atoms. The van der Waals surface area contributed by atoms with Crippen molar-refractivity contribution in [1.82, 2.24) is 0 Å². The van der Waals surface area contributed by atoms with E-state index in [4.69, 9.17) is 34.3 Å². The molecule has 0 radical (unpaired) electrons. The van der Waals surface area contributed by atoms with Gasteiger partial charge in [0.25, 0.3) is 0 Å². The quantitative estimate of drug-likeness (QED) is 0.842. The first-order valence-corrected chi connectivity index (χ1v) is 7.51. The fourth-order valence-electron chi connectivity index (χ4n) is 2.47. The Morgan fingerprint density at radius 2 is 2.10 bits per heavy atom. The molecule has 1 atom stereocenters. The Morgan fingerprint density at radius 1 is 1.29 bits per heavy atom. The molecule has 3 rings (SSSR count). The third-order valence-corrected chi connectivity index (χ3v) is 4.09. The van der Waals surface area contributed by atoms with E-state index in [1.807, 2.05) is 30.3 Å². The first-order valence-electron chi connectivity index (χ1n) is 6.73. The van der Waals surface area contributed by atoms with Crippen molar-refractivity contribution in [1.29, 1.82) is 0 Å². The number of benzene rings is 2. The average molecular weight is 319 g/mol. The van der Waals surface area contributed by atoms with Gasteiger partial charge in [-0.1, -0.05) is 42.0 Å². The summed E-state index contributed by atoms with van der Waals surface area (Å²) in [4.78, 5) is 0.347. The van der Waals surface area contributed by atoms with E-state index >= 15 is 0 Å². The van der Waals surface area contributed by atoms with E-state index in [1.165, 1.54) is 0 Å². The van der Waals surface area contributed by atoms with Crippen LogP contribution in [0.1, 0.15) is 23.6 Å². The average Bonchev–Trinajstić information content (AvgIpc) is 2.49. The van der Waals surface area contributed by atoms with Crippen molar-refractivity contribution < 1.29 is 4.74 Å². The van der Waals surface area contributed by atoms with Crippen molar-refractivity contribution in [2.45, 2.75) is 12.5 Å². The molecule has 0 saturated carbocycles. The Hall–Kier alpha value is -1.78. The smallest absolute Gasteiger partial charge is 0.124 e. The molecule has 1 heterocycles. The molecule has 21 heavy (non-hydrogen) atoms. The molecule has 0 saturated heterocycles. The van der Waals surface area contributed by atoms with E-state index in [2.05, 4.69) is 11.4 Å². The van der Waals surface area contributed by atoms with Gasteiger partial charge in [0.15, 0.2) is 0 Å². The SMILES string of the molecule is NC(=S)c1ccc(NC2CCOc3ccccc32)c(Cl)c1. The lowest BCUT2D eigenvalue weighted by atomic mass is 10.00. The minimum absolute atomic E-state index is 0.183. The van der Waals surface area contributed by atoms with Crippen LogP contribution in [0.25, 0.3) is 0 Å². The number of hydrogen-bond acceptors (Lipinski definition) is 3. The number of nitrogens with one attached hydrogen (secondary N) is 1. The molecule has 108 valence electrons. The van der Waals surface area contributed by atoms with Gasteiger partial charge in [0.2, 0.25) is 0 Å². The fraction of sp³-hybridized carbons (Fsp3) is 0.188. The third kappa shape index (κ3) is 2.96. The first kappa shape index (κ1) is 14.2. The van der Waals surface area contributed by atoms with Crippen LogP contribution in [0.3, 0.4) is 0 Å². The molecule has 0 amide bonds. The summed E-state index contributed by atoms with van der Waals surface area (Å²) < 4.78 is 5.67. The van der Waals surface area contributed by atoms with Crippen LogP contribution in [0.5, 0.6) is 5.75 Å². The second-order valence-electron chi connectivity index (χ2n) is 4.93. The minimum atomic E-state index is 0.183. The topological polar surface area (TPSA) is 47.3 Å². The van der Waals surface area contributed by atoms with Crippen LogP contribution in [0.4, 0.5) is 5.69 Å². The molecule has 0 aliphatic carbocycles. The molecule has 1 aliphatic heterocycles. The first-order chi connectivity index (χ1) is 10.1. The van der Waals surface area contributed by atoms with Crippen LogP contribution in [0.2, 0.25) is 5.02 Å². The van der Waals surface area contributed by atoms with Crippen molar-refractivity contribution in [2.24, 2.45) is 5.73 Å². The third-order valence-electron chi connectivity index (χ3n) is 3.54. The standard InChI is InChI=1S/C16H15ClN2OS/c17-12-9-10(16(18)21)5-6-14(12)19-13-7-8-20-15-4-2-1-3-11(13)15/h1-6,9,13,19H,7-8H2,(H2,18,21). The van der Waals surface area contributed by atoms with Gasteiger partial charge >= 0.3 is 0 Å². The molecule has 5 heteroatoms. The Labute approximate surface area is 134 Å². The second-order valence-corrected chi connectivity index (χ2v) is 5.78. The molecule has 2 aromatic carbocycles. The van der Waals surface area contributed by atoms with Gasteiger partial charge < -0.3 is 15.8 Å². The lowest BCUT2D eigenvalue weighted by molar-refractivity contribution is 0.274. The van der Waals surface area contributed by atoms with Crippen molar-refractivity contribution in [2.75, 3.05) is 11.9 Å². The number of thiocarbonyl (C=S) groups is 1. The molecular weight excluding hydrogens is 304 g/mol. The highest BCUT2D eigenvalue weighted by atomic mass is 35.5. The summed E-state index contributed by atoms with van der Waals surface area (Å²) in [5.41, 5.74) is 8.41. The number of rotatable bonds is 3. The summed E-state index contributed by atoms with van der Waals surface area (Å²) in [7, 11) is 0. The van der Waals surface area contributed by atoms with E-state index < -0.39 is 0 Å². The molecule has 3 nitrogen and oxygen atoms in total. The van der Waals surface area contributed by atoms with E-state index in [0.29, 0.717) is 16.6 Å². The van der Waals surface area contributed by atoms with E-state index in [0.717, 1.165) is 29.0 Å². The van der Waals surface area contributed by atoms with E-state index in [-0.39, 0.29) is 6.04 Å². The number of fused-ring (bicyclic) bond motifs is 1. The van der Waals surface area contributed by atoms with Gasteiger partial charge in [0.1, 0.15) is 10.7 Å². The number of nitrogens with two attached hydrogens (primary N) is 1. The van der Waals surface area contributed by atoms with Crippen LogP contribution in [0.15, 0.2) is 42.5 Å². The molecule has 0 aromatic heterocycles. The zero-order valence-electron chi connectivity index (χ0n) is 11.3. The maximum absolute atomic E-state index is 6.31. The van der Waals surface area contributed by atoms with E-state index in [9.17, 15) is 0 Å². The molecule has 0 spiro atoms. The monoisotopic (exact) mass is 318 g/mol. The highest BCUT2D eigenvalue weighted by molar-refractivity contribution is 7.80. The number of para-hydroxylation sites is 1. The fourth-order valence-corrected chi connectivity index (χ4v) is 2.83. The largest absolute Gasteiger partial charge is 0.493 e. The van der Waals surface area contributed by atoms with Crippen molar-refractivity contribution >= 4 is 34.5 Å². The predicted octanol–water partition coefficient (Wildman–Crippen LogP) is 3.91. The second kappa shape index (κ2) is 5.92. The van der Waals surface area contributed by atoms with Gasteiger partial charge in [-0.25, -0.2) is 0 Å². The summed E-state index contributed by atoms with van der Waals surface area (Å²) in [5, 5.41) is 4.09. The zero-order chi connectivity index (χ0) is 14.8. The summed E-state index contributed by atoms with van der Waals surface area (Å²) >= 11 is 11.3. The van der Waals surface area contributed by atoms with Crippen LogP contribution in [-0.2, 0) is 0 Å². The molecule has 2 aromatic rings. The van der Waals surface area contributed by atoms with Crippen LogP contribution in [-0.4, -0.2) is 11.6 Å².